The Morgan fingerprint density at radius 3 is 2.57 bits per heavy atom. The van der Waals surface area contributed by atoms with Gasteiger partial charge in [-0.1, -0.05) is 12.1 Å². The molecule has 0 spiro atoms. The number of carbonyl (C=O) groups is 1. The second-order valence-electron chi connectivity index (χ2n) is 4.71. The first-order valence-corrected chi connectivity index (χ1v) is 7.17. The van der Waals surface area contributed by atoms with Gasteiger partial charge in [0.05, 0.1) is 18.5 Å². The van der Waals surface area contributed by atoms with E-state index in [0.29, 0.717) is 11.4 Å². The van der Waals surface area contributed by atoms with Gasteiger partial charge in [-0.3, -0.25) is 9.97 Å². The van der Waals surface area contributed by atoms with Crippen molar-refractivity contribution < 1.29 is 9.53 Å². The van der Waals surface area contributed by atoms with Gasteiger partial charge in [-0.2, -0.15) is 0 Å². The molecule has 0 bridgehead atoms. The molecular formula is C15H16BrN3O2. The number of esters is 1. The average molecular weight is 350 g/mol. The number of benzene rings is 1. The molecule has 0 amide bonds. The lowest BCUT2D eigenvalue weighted by atomic mass is 9.95. The molecule has 110 valence electrons. The summed E-state index contributed by atoms with van der Waals surface area (Å²) in [6.07, 6.45) is 3.15. The summed E-state index contributed by atoms with van der Waals surface area (Å²) in [6, 6.07) is 7.55. The van der Waals surface area contributed by atoms with Gasteiger partial charge in [-0.15, -0.1) is 0 Å². The highest BCUT2D eigenvalue weighted by Crippen LogP contribution is 2.31. The molecule has 0 aliphatic rings. The van der Waals surface area contributed by atoms with E-state index in [1.807, 2.05) is 31.2 Å². The first-order chi connectivity index (χ1) is 9.99. The number of halogens is 1. The number of nitrogens with zero attached hydrogens (tertiary/aromatic N) is 2. The zero-order chi connectivity index (χ0) is 15.5. The van der Waals surface area contributed by atoms with Crippen LogP contribution in [0, 0.1) is 6.92 Å². The minimum absolute atomic E-state index is 0.429. The van der Waals surface area contributed by atoms with Gasteiger partial charge in [0, 0.05) is 22.6 Å². The predicted octanol–water partition coefficient (Wildman–Crippen LogP) is 3.05. The van der Waals surface area contributed by atoms with Gasteiger partial charge in [0.2, 0.25) is 0 Å². The van der Waals surface area contributed by atoms with Crippen LogP contribution in [0.25, 0.3) is 0 Å². The summed E-state index contributed by atoms with van der Waals surface area (Å²) in [5, 5.41) is 3.21. The van der Waals surface area contributed by atoms with E-state index in [0.717, 1.165) is 10.2 Å². The van der Waals surface area contributed by atoms with Crippen molar-refractivity contribution in [2.24, 2.45) is 0 Å². The van der Waals surface area contributed by atoms with Gasteiger partial charge >= 0.3 is 5.97 Å². The van der Waals surface area contributed by atoms with Crippen molar-refractivity contribution in [1.82, 2.24) is 9.97 Å². The summed E-state index contributed by atoms with van der Waals surface area (Å²) < 4.78 is 5.80. The molecule has 1 aromatic heterocycles. The van der Waals surface area contributed by atoms with E-state index in [4.69, 9.17) is 4.74 Å². The Kier molecular flexibility index (Phi) is 4.57. The fourth-order valence-electron chi connectivity index (χ4n) is 2.14. The molecule has 0 saturated heterocycles. The number of rotatable bonds is 4. The van der Waals surface area contributed by atoms with Crippen LogP contribution in [0.5, 0.6) is 0 Å². The number of hydrogen-bond acceptors (Lipinski definition) is 5. The van der Waals surface area contributed by atoms with Crippen LogP contribution in [-0.2, 0) is 15.1 Å². The monoisotopic (exact) mass is 349 g/mol. The predicted molar refractivity (Wildman–Crippen MR) is 83.9 cm³/mol. The van der Waals surface area contributed by atoms with Crippen molar-refractivity contribution in [2.45, 2.75) is 19.4 Å². The highest BCUT2D eigenvalue weighted by Gasteiger charge is 2.40. The second-order valence-corrected chi connectivity index (χ2v) is 5.57. The van der Waals surface area contributed by atoms with Gasteiger partial charge in [0.15, 0.2) is 5.54 Å². The molecule has 1 unspecified atom stereocenters. The van der Waals surface area contributed by atoms with E-state index in [1.54, 1.807) is 19.3 Å². The summed E-state index contributed by atoms with van der Waals surface area (Å²) in [6.45, 7) is 3.54. The van der Waals surface area contributed by atoms with E-state index in [2.05, 4.69) is 31.2 Å². The fourth-order valence-corrected chi connectivity index (χ4v) is 2.53. The summed E-state index contributed by atoms with van der Waals surface area (Å²) in [5.74, 6) is -0.429. The number of anilines is 1. The lowest BCUT2D eigenvalue weighted by Gasteiger charge is -2.29. The molecule has 0 radical (unpaired) electrons. The molecule has 2 aromatic rings. The van der Waals surface area contributed by atoms with Gasteiger partial charge in [0.1, 0.15) is 0 Å². The van der Waals surface area contributed by atoms with Crippen molar-refractivity contribution >= 4 is 27.6 Å². The zero-order valence-electron chi connectivity index (χ0n) is 12.1. The Bertz CT molecular complexity index is 663. The molecule has 1 aromatic carbocycles. The number of hydrogen-bond donors (Lipinski definition) is 1. The van der Waals surface area contributed by atoms with Crippen LogP contribution < -0.4 is 5.32 Å². The van der Waals surface area contributed by atoms with Gasteiger partial charge in [-0.25, -0.2) is 4.79 Å². The number of carbonyl (C=O) groups excluding carboxylic acids is 1. The maximum atomic E-state index is 12.3. The third-order valence-electron chi connectivity index (χ3n) is 3.21. The minimum Gasteiger partial charge on any atom is -0.467 e. The first-order valence-electron chi connectivity index (χ1n) is 6.38. The SMILES string of the molecule is COC(=O)C(C)(Nc1ccccc1Br)c1nccnc1C. The van der Waals surface area contributed by atoms with E-state index >= 15 is 0 Å². The second kappa shape index (κ2) is 6.22. The number of aromatic nitrogens is 2. The lowest BCUT2D eigenvalue weighted by molar-refractivity contribution is -0.145. The summed E-state index contributed by atoms with van der Waals surface area (Å²) in [4.78, 5) is 20.8. The largest absolute Gasteiger partial charge is 0.467 e. The standard InChI is InChI=1S/C15H16BrN3O2/c1-10-13(18-9-8-17-10)15(2,14(20)21-3)19-12-7-5-4-6-11(12)16/h4-9,19H,1-3H3. The number of methoxy groups -OCH3 is 1. The molecule has 1 N–H and O–H groups in total. The van der Waals surface area contributed by atoms with Crippen LogP contribution in [0.1, 0.15) is 18.3 Å². The zero-order valence-corrected chi connectivity index (χ0v) is 13.6. The minimum atomic E-state index is -1.13. The van der Waals surface area contributed by atoms with E-state index < -0.39 is 11.5 Å². The first kappa shape index (κ1) is 15.4. The molecule has 0 fully saturated rings. The Hall–Kier alpha value is -1.95. The third kappa shape index (κ3) is 3.05. The summed E-state index contributed by atoms with van der Waals surface area (Å²) in [7, 11) is 1.36. The molecule has 1 heterocycles. The Balaban J connectivity index is 2.51. The van der Waals surface area contributed by atoms with Gasteiger partial charge < -0.3 is 10.1 Å². The molecule has 2 rings (SSSR count). The van der Waals surface area contributed by atoms with Crippen LogP contribution >= 0.6 is 15.9 Å². The molecule has 1 atom stereocenters. The van der Waals surface area contributed by atoms with Crippen molar-refractivity contribution in [3.63, 3.8) is 0 Å². The number of ether oxygens (including phenoxy) is 1. The fraction of sp³-hybridized carbons (Fsp3) is 0.267. The Morgan fingerprint density at radius 1 is 1.29 bits per heavy atom. The van der Waals surface area contributed by atoms with Gasteiger partial charge in [0.25, 0.3) is 0 Å². The van der Waals surface area contributed by atoms with Gasteiger partial charge in [-0.05, 0) is 41.9 Å². The van der Waals surface area contributed by atoms with Crippen LogP contribution in [0.3, 0.4) is 0 Å². The third-order valence-corrected chi connectivity index (χ3v) is 3.90. The normalized spacial score (nSPS) is 13.3. The molecule has 0 aliphatic carbocycles. The lowest BCUT2D eigenvalue weighted by Crippen LogP contribution is -2.43. The quantitative estimate of drug-likeness (QED) is 0.859. The van der Waals surface area contributed by atoms with Crippen LogP contribution in [0.15, 0.2) is 41.1 Å². The maximum Gasteiger partial charge on any atom is 0.337 e. The molecule has 0 aliphatic heterocycles. The molecule has 21 heavy (non-hydrogen) atoms. The highest BCUT2D eigenvalue weighted by atomic mass is 79.9. The molecular weight excluding hydrogens is 334 g/mol. The highest BCUT2D eigenvalue weighted by molar-refractivity contribution is 9.10. The summed E-state index contributed by atoms with van der Waals surface area (Å²) >= 11 is 3.46. The van der Waals surface area contributed by atoms with Crippen LogP contribution in [0.4, 0.5) is 5.69 Å². The summed E-state index contributed by atoms with van der Waals surface area (Å²) in [5.41, 5.74) is 0.852. The van der Waals surface area contributed by atoms with Crippen molar-refractivity contribution in [2.75, 3.05) is 12.4 Å². The molecule has 5 nitrogen and oxygen atoms in total. The topological polar surface area (TPSA) is 64.1 Å². The van der Waals surface area contributed by atoms with E-state index in [9.17, 15) is 4.79 Å². The maximum absolute atomic E-state index is 12.3. The molecule has 6 heteroatoms. The molecule has 0 saturated carbocycles. The number of nitrogens with one attached hydrogen (secondary N) is 1. The van der Waals surface area contributed by atoms with Crippen LogP contribution in [0.2, 0.25) is 0 Å². The Morgan fingerprint density at radius 2 is 1.95 bits per heavy atom. The van der Waals surface area contributed by atoms with Crippen LogP contribution in [-0.4, -0.2) is 23.0 Å². The Labute approximate surface area is 131 Å². The van der Waals surface area contributed by atoms with Crippen molar-refractivity contribution in [3.8, 4) is 0 Å². The smallest absolute Gasteiger partial charge is 0.337 e. The number of aryl methyl sites for hydroxylation is 1. The van der Waals surface area contributed by atoms with Crippen molar-refractivity contribution in [1.29, 1.82) is 0 Å². The number of para-hydroxylation sites is 1. The average Bonchev–Trinajstić information content (AvgIpc) is 2.49. The van der Waals surface area contributed by atoms with E-state index in [1.165, 1.54) is 7.11 Å². The van der Waals surface area contributed by atoms with Crippen molar-refractivity contribution in [3.05, 3.63) is 52.5 Å². The van der Waals surface area contributed by atoms with E-state index in [-0.39, 0.29) is 0 Å².